The van der Waals surface area contributed by atoms with E-state index in [2.05, 4.69) is 145 Å². The summed E-state index contributed by atoms with van der Waals surface area (Å²) in [6, 6.07) is 36.4. The van der Waals surface area contributed by atoms with Gasteiger partial charge < -0.3 is 0 Å². The van der Waals surface area contributed by atoms with Crippen LogP contribution in [-0.2, 0) is 0 Å². The fourth-order valence-corrected chi connectivity index (χ4v) is 5.78. The first-order chi connectivity index (χ1) is 17.6. The molecule has 0 unspecified atom stereocenters. The third-order valence-electron chi connectivity index (χ3n) is 5.55. The highest BCUT2D eigenvalue weighted by molar-refractivity contribution is 7.13. The average Bonchev–Trinajstić information content (AvgIpc) is 3.69. The van der Waals surface area contributed by atoms with Crippen molar-refractivity contribution < 1.29 is 0 Å². The highest BCUT2D eigenvalue weighted by Gasteiger charge is 1.98. The Bertz CT molecular complexity index is 1350. The van der Waals surface area contributed by atoms with Crippen LogP contribution in [0.5, 0.6) is 0 Å². The minimum atomic E-state index is 1.32. The average molecular weight is 523 g/mol. The van der Waals surface area contributed by atoms with Gasteiger partial charge in [-0.3, -0.25) is 0 Å². The maximum Gasteiger partial charge on any atom is 0.0342 e. The molecule has 0 aliphatic rings. The summed E-state index contributed by atoms with van der Waals surface area (Å²) >= 11 is 5.31. The van der Waals surface area contributed by atoms with Crippen molar-refractivity contribution >= 4 is 34.0 Å². The lowest BCUT2D eigenvalue weighted by atomic mass is 10.1. The molecule has 0 amide bonds. The Morgan fingerprint density at radius 1 is 0.417 bits per heavy atom. The van der Waals surface area contributed by atoms with Gasteiger partial charge in [-0.2, -0.15) is 11.3 Å². The second-order valence-corrected chi connectivity index (χ2v) is 11.2. The van der Waals surface area contributed by atoms with Gasteiger partial charge in [0, 0.05) is 9.75 Å². The molecule has 0 aliphatic carbocycles. The highest BCUT2D eigenvalue weighted by Crippen LogP contribution is 2.25. The second kappa shape index (κ2) is 13.2. The molecule has 0 spiro atoms. The molecule has 3 heterocycles. The molecule has 6 aromatic rings. The van der Waals surface area contributed by atoms with E-state index in [0.29, 0.717) is 0 Å². The Morgan fingerprint density at radius 3 is 1.53 bits per heavy atom. The summed E-state index contributed by atoms with van der Waals surface area (Å²) < 4.78 is 0. The van der Waals surface area contributed by atoms with E-state index in [0.717, 1.165) is 0 Å². The van der Waals surface area contributed by atoms with E-state index in [4.69, 9.17) is 0 Å². The van der Waals surface area contributed by atoms with Crippen LogP contribution in [0.1, 0.15) is 16.7 Å². The third kappa shape index (κ3) is 7.63. The van der Waals surface area contributed by atoms with Gasteiger partial charge in [-0.05, 0) is 82.7 Å². The number of hydrogen-bond acceptors (Lipinski definition) is 3. The summed E-state index contributed by atoms with van der Waals surface area (Å²) in [4.78, 5) is 2.69. The molecule has 6 rings (SSSR count). The summed E-state index contributed by atoms with van der Waals surface area (Å²) in [5, 5.41) is 8.50. The Hall–Kier alpha value is -3.24. The van der Waals surface area contributed by atoms with Crippen LogP contribution in [0.3, 0.4) is 0 Å². The van der Waals surface area contributed by atoms with E-state index >= 15 is 0 Å². The number of hydrogen-bond donors (Lipinski definition) is 0. The van der Waals surface area contributed by atoms with Crippen molar-refractivity contribution in [1.29, 1.82) is 0 Å². The molecule has 3 heteroatoms. The van der Waals surface area contributed by atoms with E-state index in [-0.39, 0.29) is 0 Å². The topological polar surface area (TPSA) is 0 Å². The van der Waals surface area contributed by atoms with Gasteiger partial charge in [0.05, 0.1) is 0 Å². The SMILES string of the molecule is Cc1ccc(-c2cccs2)cc1.Cc1cccc(-c2cccs2)c1.Cc1cccc(-c2ccsc2)c1. The first-order valence-electron chi connectivity index (χ1n) is 11.9. The molecule has 0 saturated heterocycles. The van der Waals surface area contributed by atoms with Crippen molar-refractivity contribution in [2.45, 2.75) is 20.8 Å². The molecule has 0 bridgehead atoms. The van der Waals surface area contributed by atoms with Crippen molar-refractivity contribution in [2.24, 2.45) is 0 Å². The van der Waals surface area contributed by atoms with E-state index in [9.17, 15) is 0 Å². The number of benzene rings is 3. The summed E-state index contributed by atoms with van der Waals surface area (Å²) in [7, 11) is 0. The van der Waals surface area contributed by atoms with Crippen LogP contribution in [-0.4, -0.2) is 0 Å². The van der Waals surface area contributed by atoms with Gasteiger partial charge in [0.15, 0.2) is 0 Å². The molecular weight excluding hydrogens is 493 g/mol. The zero-order valence-corrected chi connectivity index (χ0v) is 23.3. The molecule has 0 N–H and O–H groups in total. The molecule has 180 valence electrons. The van der Waals surface area contributed by atoms with E-state index < -0.39 is 0 Å². The Labute approximate surface area is 227 Å². The molecule has 0 fully saturated rings. The van der Waals surface area contributed by atoms with Gasteiger partial charge in [0.2, 0.25) is 0 Å². The molecule has 0 radical (unpaired) electrons. The van der Waals surface area contributed by atoms with Crippen molar-refractivity contribution in [1.82, 2.24) is 0 Å². The summed E-state index contributed by atoms with van der Waals surface area (Å²) in [5.41, 5.74) is 9.23. The maximum atomic E-state index is 2.21. The summed E-state index contributed by atoms with van der Waals surface area (Å²) in [5.74, 6) is 0. The molecule has 3 aromatic carbocycles. The fourth-order valence-electron chi connectivity index (χ4n) is 3.66. The molecule has 3 aromatic heterocycles. The molecule has 0 saturated carbocycles. The van der Waals surface area contributed by atoms with Crippen LogP contribution < -0.4 is 0 Å². The van der Waals surface area contributed by atoms with Crippen LogP contribution in [0.2, 0.25) is 0 Å². The Balaban J connectivity index is 0.000000127. The molecule has 0 nitrogen and oxygen atoms in total. The number of rotatable bonds is 3. The third-order valence-corrected chi connectivity index (χ3v) is 8.07. The largest absolute Gasteiger partial charge is 0.152 e. The minimum Gasteiger partial charge on any atom is -0.152 e. The van der Waals surface area contributed by atoms with Gasteiger partial charge in [-0.1, -0.05) is 102 Å². The van der Waals surface area contributed by atoms with Crippen molar-refractivity contribution in [3.8, 4) is 32.0 Å². The predicted molar refractivity (Wildman–Crippen MR) is 163 cm³/mol. The lowest BCUT2D eigenvalue weighted by molar-refractivity contribution is 1.47. The van der Waals surface area contributed by atoms with Gasteiger partial charge in [-0.25, -0.2) is 0 Å². The normalized spacial score (nSPS) is 10.1. The Morgan fingerprint density at radius 2 is 1.00 bits per heavy atom. The first-order valence-corrected chi connectivity index (χ1v) is 14.6. The van der Waals surface area contributed by atoms with Crippen LogP contribution in [0.15, 0.2) is 125 Å². The van der Waals surface area contributed by atoms with Crippen LogP contribution >= 0.6 is 34.0 Å². The van der Waals surface area contributed by atoms with E-state index in [1.165, 1.54) is 48.7 Å². The smallest absolute Gasteiger partial charge is 0.0342 e. The van der Waals surface area contributed by atoms with Gasteiger partial charge in [0.1, 0.15) is 0 Å². The molecule has 36 heavy (non-hydrogen) atoms. The van der Waals surface area contributed by atoms with Crippen LogP contribution in [0.25, 0.3) is 32.0 Å². The standard InChI is InChI=1S/3C11H10S/c1-9-4-2-5-10(8-9)11-6-3-7-12-11;1-9-4-6-10(7-5-9)11-3-2-8-12-11;1-9-3-2-4-10(7-9)11-5-6-12-8-11/h3*2-8H,1H3. The number of aryl methyl sites for hydroxylation is 3. The zero-order valence-electron chi connectivity index (χ0n) is 20.8. The van der Waals surface area contributed by atoms with Crippen molar-refractivity contribution in [3.63, 3.8) is 0 Å². The van der Waals surface area contributed by atoms with Crippen LogP contribution in [0.4, 0.5) is 0 Å². The molecule has 0 atom stereocenters. The molecular formula is C33H30S3. The zero-order chi connectivity index (χ0) is 25.2. The first kappa shape index (κ1) is 25.8. The lowest BCUT2D eigenvalue weighted by Gasteiger charge is -1.97. The van der Waals surface area contributed by atoms with Gasteiger partial charge >= 0.3 is 0 Å². The highest BCUT2D eigenvalue weighted by atomic mass is 32.1. The minimum absolute atomic E-state index is 1.32. The van der Waals surface area contributed by atoms with Crippen molar-refractivity contribution in [2.75, 3.05) is 0 Å². The monoisotopic (exact) mass is 522 g/mol. The lowest BCUT2D eigenvalue weighted by Crippen LogP contribution is -1.74. The van der Waals surface area contributed by atoms with E-state index in [1.54, 1.807) is 34.0 Å². The predicted octanol–water partition coefficient (Wildman–Crippen LogP) is 11.2. The summed E-state index contributed by atoms with van der Waals surface area (Å²) in [6.07, 6.45) is 0. The maximum absolute atomic E-state index is 2.21. The van der Waals surface area contributed by atoms with Gasteiger partial charge in [-0.15, -0.1) is 22.7 Å². The summed E-state index contributed by atoms with van der Waals surface area (Å²) in [6.45, 7) is 6.35. The Kier molecular flexibility index (Phi) is 9.46. The van der Waals surface area contributed by atoms with Crippen molar-refractivity contribution in [3.05, 3.63) is 141 Å². The van der Waals surface area contributed by atoms with Gasteiger partial charge in [0.25, 0.3) is 0 Å². The van der Waals surface area contributed by atoms with Crippen LogP contribution in [0, 0.1) is 20.8 Å². The van der Waals surface area contributed by atoms with E-state index in [1.807, 2.05) is 0 Å². The quantitative estimate of drug-likeness (QED) is 0.217. The fraction of sp³-hybridized carbons (Fsp3) is 0.0909. The number of thiophene rings is 3. The molecule has 0 aliphatic heterocycles. The second-order valence-electron chi connectivity index (χ2n) is 8.57.